The lowest BCUT2D eigenvalue weighted by atomic mass is 10.3. The molecule has 1 aromatic heterocycles. The van der Waals surface area contributed by atoms with Crippen molar-refractivity contribution < 1.29 is 12.9 Å². The highest BCUT2D eigenvalue weighted by Gasteiger charge is 2.18. The van der Waals surface area contributed by atoms with E-state index in [1.807, 2.05) is 6.92 Å². The Labute approximate surface area is 124 Å². The highest BCUT2D eigenvalue weighted by molar-refractivity contribution is 7.89. The third kappa shape index (κ3) is 4.05. The van der Waals surface area contributed by atoms with Gasteiger partial charge in [-0.1, -0.05) is 24.2 Å². The second-order valence-electron chi connectivity index (χ2n) is 4.68. The predicted molar refractivity (Wildman–Crippen MR) is 80.5 cm³/mol. The Bertz CT molecular complexity index is 695. The Morgan fingerprint density at radius 2 is 2.05 bits per heavy atom. The number of aromatic nitrogens is 1. The van der Waals surface area contributed by atoms with Crippen LogP contribution < -0.4 is 10.0 Å². The topological polar surface area (TPSA) is 84.2 Å². The molecule has 114 valence electrons. The maximum atomic E-state index is 12.4. The normalized spacial score (nSPS) is 11.5. The molecule has 0 amide bonds. The van der Waals surface area contributed by atoms with E-state index in [-0.39, 0.29) is 11.4 Å². The van der Waals surface area contributed by atoms with Crippen LogP contribution in [0.3, 0.4) is 0 Å². The SMILES string of the molecule is CCCNc1ccccc1S(=O)(=O)NCc1cc(C)on1. The second-order valence-corrected chi connectivity index (χ2v) is 6.41. The zero-order valence-corrected chi connectivity index (χ0v) is 12.9. The average Bonchev–Trinajstić information content (AvgIpc) is 2.89. The van der Waals surface area contributed by atoms with E-state index >= 15 is 0 Å². The molecule has 1 heterocycles. The summed E-state index contributed by atoms with van der Waals surface area (Å²) in [6, 6.07) is 8.53. The maximum absolute atomic E-state index is 12.4. The number of nitrogens with zero attached hydrogens (tertiary/aromatic N) is 1. The molecule has 0 radical (unpaired) electrons. The van der Waals surface area contributed by atoms with Gasteiger partial charge in [0.25, 0.3) is 0 Å². The van der Waals surface area contributed by atoms with Crippen molar-refractivity contribution in [1.82, 2.24) is 9.88 Å². The number of nitrogens with one attached hydrogen (secondary N) is 2. The van der Waals surface area contributed by atoms with Crippen molar-refractivity contribution >= 4 is 15.7 Å². The molecule has 0 saturated carbocycles. The quantitative estimate of drug-likeness (QED) is 0.819. The largest absolute Gasteiger partial charge is 0.384 e. The van der Waals surface area contributed by atoms with E-state index < -0.39 is 10.0 Å². The van der Waals surface area contributed by atoms with Gasteiger partial charge in [0.2, 0.25) is 10.0 Å². The number of aryl methyl sites for hydroxylation is 1. The molecular weight excluding hydrogens is 290 g/mol. The van der Waals surface area contributed by atoms with Gasteiger partial charge >= 0.3 is 0 Å². The zero-order chi connectivity index (χ0) is 15.3. The summed E-state index contributed by atoms with van der Waals surface area (Å²) in [5, 5.41) is 6.88. The van der Waals surface area contributed by atoms with Crippen LogP contribution in [0.25, 0.3) is 0 Å². The monoisotopic (exact) mass is 309 g/mol. The van der Waals surface area contributed by atoms with Crippen molar-refractivity contribution in [3.05, 3.63) is 41.8 Å². The van der Waals surface area contributed by atoms with Crippen molar-refractivity contribution in [2.24, 2.45) is 0 Å². The molecule has 6 nitrogen and oxygen atoms in total. The fourth-order valence-corrected chi connectivity index (χ4v) is 3.04. The van der Waals surface area contributed by atoms with E-state index in [4.69, 9.17) is 4.52 Å². The Balaban J connectivity index is 2.15. The van der Waals surface area contributed by atoms with E-state index in [0.717, 1.165) is 13.0 Å². The molecule has 0 aliphatic carbocycles. The third-order valence-electron chi connectivity index (χ3n) is 2.86. The van der Waals surface area contributed by atoms with E-state index in [1.165, 1.54) is 0 Å². The molecule has 0 bridgehead atoms. The standard InChI is InChI=1S/C14H19N3O3S/c1-3-8-15-13-6-4-5-7-14(13)21(18,19)16-10-12-9-11(2)20-17-12/h4-7,9,15-16H,3,8,10H2,1-2H3. The first-order chi connectivity index (χ1) is 10.0. The summed E-state index contributed by atoms with van der Waals surface area (Å²) in [6.45, 7) is 4.60. The van der Waals surface area contributed by atoms with Gasteiger partial charge in [0, 0.05) is 12.6 Å². The molecule has 0 aliphatic rings. The van der Waals surface area contributed by atoms with Crippen LogP contribution >= 0.6 is 0 Å². The highest BCUT2D eigenvalue weighted by Crippen LogP contribution is 2.20. The molecule has 0 aliphatic heterocycles. The van der Waals surface area contributed by atoms with E-state index in [2.05, 4.69) is 15.2 Å². The van der Waals surface area contributed by atoms with Gasteiger partial charge in [-0.05, 0) is 25.5 Å². The molecule has 21 heavy (non-hydrogen) atoms. The first kappa shape index (κ1) is 15.5. The molecular formula is C14H19N3O3S. The minimum Gasteiger partial charge on any atom is -0.384 e. The fraction of sp³-hybridized carbons (Fsp3) is 0.357. The Kier molecular flexibility index (Phi) is 4.98. The van der Waals surface area contributed by atoms with Crippen LogP contribution in [0.5, 0.6) is 0 Å². The molecule has 0 unspecified atom stereocenters. The third-order valence-corrected chi connectivity index (χ3v) is 4.32. The van der Waals surface area contributed by atoms with Gasteiger partial charge in [0.1, 0.15) is 10.7 Å². The van der Waals surface area contributed by atoms with Crippen LogP contribution in [0, 0.1) is 6.92 Å². The minimum atomic E-state index is -3.60. The number of hydrogen-bond acceptors (Lipinski definition) is 5. The maximum Gasteiger partial charge on any atom is 0.242 e. The predicted octanol–water partition coefficient (Wildman–Crippen LogP) is 2.28. The summed E-state index contributed by atoms with van der Waals surface area (Å²) in [7, 11) is -3.60. The van der Waals surface area contributed by atoms with Crippen LogP contribution in [-0.2, 0) is 16.6 Å². The first-order valence-electron chi connectivity index (χ1n) is 6.77. The number of anilines is 1. The Hall–Kier alpha value is -1.86. The summed E-state index contributed by atoms with van der Waals surface area (Å²) >= 11 is 0. The van der Waals surface area contributed by atoms with Crippen LogP contribution in [-0.4, -0.2) is 20.1 Å². The van der Waals surface area contributed by atoms with Crippen molar-refractivity contribution in [2.45, 2.75) is 31.7 Å². The summed E-state index contributed by atoms with van der Waals surface area (Å²) in [6.07, 6.45) is 0.917. The molecule has 1 aromatic carbocycles. The molecule has 0 spiro atoms. The zero-order valence-electron chi connectivity index (χ0n) is 12.1. The molecule has 0 saturated heterocycles. The number of hydrogen-bond donors (Lipinski definition) is 2. The van der Waals surface area contributed by atoms with Gasteiger partial charge in [0.05, 0.1) is 17.9 Å². The summed E-state index contributed by atoms with van der Waals surface area (Å²) in [5.41, 5.74) is 1.15. The molecule has 2 N–H and O–H groups in total. The molecule has 0 atom stereocenters. The van der Waals surface area contributed by atoms with E-state index in [1.54, 1.807) is 37.3 Å². The molecule has 2 aromatic rings. The number of para-hydroxylation sites is 1. The Morgan fingerprint density at radius 1 is 1.29 bits per heavy atom. The molecule has 2 rings (SSSR count). The van der Waals surface area contributed by atoms with E-state index in [0.29, 0.717) is 17.1 Å². The Morgan fingerprint density at radius 3 is 2.71 bits per heavy atom. The van der Waals surface area contributed by atoms with Crippen molar-refractivity contribution in [1.29, 1.82) is 0 Å². The van der Waals surface area contributed by atoms with Crippen molar-refractivity contribution in [2.75, 3.05) is 11.9 Å². The van der Waals surface area contributed by atoms with Crippen LogP contribution in [0.2, 0.25) is 0 Å². The van der Waals surface area contributed by atoms with Gasteiger partial charge in [-0.2, -0.15) is 0 Å². The fourth-order valence-electron chi connectivity index (χ4n) is 1.85. The minimum absolute atomic E-state index is 0.0990. The first-order valence-corrected chi connectivity index (χ1v) is 8.26. The number of sulfonamides is 1. The van der Waals surface area contributed by atoms with Gasteiger partial charge in [-0.15, -0.1) is 0 Å². The lowest BCUT2D eigenvalue weighted by molar-refractivity contribution is 0.390. The summed E-state index contributed by atoms with van der Waals surface area (Å²) in [5.74, 6) is 0.647. The van der Waals surface area contributed by atoms with Crippen molar-refractivity contribution in [3.8, 4) is 0 Å². The highest BCUT2D eigenvalue weighted by atomic mass is 32.2. The van der Waals surface area contributed by atoms with Crippen LogP contribution in [0.15, 0.2) is 39.8 Å². The van der Waals surface area contributed by atoms with Crippen molar-refractivity contribution in [3.63, 3.8) is 0 Å². The van der Waals surface area contributed by atoms with Gasteiger partial charge < -0.3 is 9.84 Å². The van der Waals surface area contributed by atoms with Gasteiger partial charge in [-0.3, -0.25) is 0 Å². The van der Waals surface area contributed by atoms with E-state index in [9.17, 15) is 8.42 Å². The summed E-state index contributed by atoms with van der Waals surface area (Å²) in [4.78, 5) is 0.235. The van der Waals surface area contributed by atoms with Gasteiger partial charge in [-0.25, -0.2) is 13.1 Å². The smallest absolute Gasteiger partial charge is 0.242 e. The molecule has 7 heteroatoms. The van der Waals surface area contributed by atoms with Crippen LogP contribution in [0.4, 0.5) is 5.69 Å². The molecule has 0 fully saturated rings. The summed E-state index contributed by atoms with van der Waals surface area (Å²) < 4.78 is 32.2. The lowest BCUT2D eigenvalue weighted by Gasteiger charge is -2.12. The number of rotatable bonds is 7. The second kappa shape index (κ2) is 6.73. The lowest BCUT2D eigenvalue weighted by Crippen LogP contribution is -2.24. The number of benzene rings is 1. The average molecular weight is 309 g/mol. The van der Waals surface area contributed by atoms with Crippen LogP contribution in [0.1, 0.15) is 24.8 Å². The van der Waals surface area contributed by atoms with Gasteiger partial charge in [0.15, 0.2) is 0 Å².